The van der Waals surface area contributed by atoms with E-state index in [1.54, 1.807) is 0 Å². The third-order valence-electron chi connectivity index (χ3n) is 3.59. The number of likely N-dealkylation sites (tertiary alicyclic amines) is 1. The Balaban J connectivity index is 2.17. The molecule has 2 rings (SSSR count). The van der Waals surface area contributed by atoms with Gasteiger partial charge in [0.05, 0.1) is 17.0 Å². The number of piperidine rings is 1. The Bertz CT molecular complexity index is 549. The highest BCUT2D eigenvalue weighted by molar-refractivity contribution is 5.96. The summed E-state index contributed by atoms with van der Waals surface area (Å²) in [5.74, 6) is -2.17. The van der Waals surface area contributed by atoms with Gasteiger partial charge in [0.15, 0.2) is 0 Å². The topological polar surface area (TPSA) is 57.6 Å². The van der Waals surface area contributed by atoms with Crippen LogP contribution in [0.3, 0.4) is 0 Å². The van der Waals surface area contributed by atoms with Gasteiger partial charge in [-0.3, -0.25) is 9.59 Å². The fourth-order valence-corrected chi connectivity index (χ4v) is 2.42. The van der Waals surface area contributed by atoms with Crippen molar-refractivity contribution < 1.29 is 27.9 Å². The van der Waals surface area contributed by atoms with Crippen LogP contribution in [-0.4, -0.2) is 35.0 Å². The van der Waals surface area contributed by atoms with Gasteiger partial charge in [-0.1, -0.05) is 12.1 Å². The molecule has 0 radical (unpaired) electrons. The summed E-state index contributed by atoms with van der Waals surface area (Å²) < 4.78 is 38.7. The summed E-state index contributed by atoms with van der Waals surface area (Å²) >= 11 is 0. The smallest absolute Gasteiger partial charge is 0.417 e. The van der Waals surface area contributed by atoms with E-state index in [0.29, 0.717) is 0 Å². The average molecular weight is 301 g/mol. The summed E-state index contributed by atoms with van der Waals surface area (Å²) in [6.45, 7) is 0.310. The Labute approximate surface area is 119 Å². The Kier molecular flexibility index (Phi) is 4.20. The first-order chi connectivity index (χ1) is 9.80. The highest BCUT2D eigenvalue weighted by Gasteiger charge is 2.36. The molecule has 0 saturated carbocycles. The van der Waals surface area contributed by atoms with Crippen LogP contribution in [0.5, 0.6) is 0 Å². The number of carbonyl (C=O) groups excluding carboxylic acids is 1. The van der Waals surface area contributed by atoms with Crippen LogP contribution in [0.4, 0.5) is 13.2 Å². The van der Waals surface area contributed by atoms with E-state index in [1.165, 1.54) is 17.0 Å². The van der Waals surface area contributed by atoms with E-state index in [-0.39, 0.29) is 25.9 Å². The summed E-state index contributed by atoms with van der Waals surface area (Å²) in [5.41, 5.74) is -1.35. The highest BCUT2D eigenvalue weighted by atomic mass is 19.4. The van der Waals surface area contributed by atoms with E-state index >= 15 is 0 Å². The molecule has 0 aliphatic carbocycles. The van der Waals surface area contributed by atoms with Gasteiger partial charge in [0.2, 0.25) is 0 Å². The number of aliphatic carboxylic acids is 1. The van der Waals surface area contributed by atoms with Crippen molar-refractivity contribution in [1.29, 1.82) is 0 Å². The lowest BCUT2D eigenvalue weighted by Gasteiger charge is -2.30. The molecule has 0 aromatic heterocycles. The number of hydrogen-bond donors (Lipinski definition) is 1. The standard InChI is InChI=1S/C14H14F3NO3/c15-14(16,17)11-4-2-1-3-10(11)12(19)18-7-5-9(6-8-18)13(20)21/h1-4,9H,5-8H2,(H,20,21). The Morgan fingerprint density at radius 1 is 1.14 bits per heavy atom. The van der Waals surface area contributed by atoms with E-state index in [2.05, 4.69) is 0 Å². The molecule has 1 aliphatic rings. The van der Waals surface area contributed by atoms with E-state index in [1.807, 2.05) is 0 Å². The molecule has 1 N–H and O–H groups in total. The lowest BCUT2D eigenvalue weighted by Crippen LogP contribution is -2.40. The zero-order chi connectivity index (χ0) is 15.6. The number of carboxylic acid groups (broad SMARTS) is 1. The number of nitrogens with zero attached hydrogens (tertiary/aromatic N) is 1. The second-order valence-corrected chi connectivity index (χ2v) is 4.95. The molecule has 0 bridgehead atoms. The van der Waals surface area contributed by atoms with Gasteiger partial charge in [-0.05, 0) is 25.0 Å². The molecular weight excluding hydrogens is 287 g/mol. The predicted octanol–water partition coefficient (Wildman–Crippen LogP) is 2.64. The molecule has 21 heavy (non-hydrogen) atoms. The van der Waals surface area contributed by atoms with Crippen LogP contribution in [-0.2, 0) is 11.0 Å². The normalized spacial score (nSPS) is 16.8. The van der Waals surface area contributed by atoms with Crippen LogP contribution in [0.15, 0.2) is 24.3 Å². The first-order valence-electron chi connectivity index (χ1n) is 6.49. The molecule has 114 valence electrons. The summed E-state index contributed by atoms with van der Waals surface area (Å²) in [5, 5.41) is 8.88. The van der Waals surface area contributed by atoms with E-state index < -0.39 is 35.1 Å². The summed E-state index contributed by atoms with van der Waals surface area (Å²) in [7, 11) is 0. The van der Waals surface area contributed by atoms with Gasteiger partial charge < -0.3 is 10.0 Å². The molecule has 1 amide bonds. The number of hydrogen-bond acceptors (Lipinski definition) is 2. The highest BCUT2D eigenvalue weighted by Crippen LogP contribution is 2.32. The number of carboxylic acids is 1. The summed E-state index contributed by atoms with van der Waals surface area (Å²) in [6.07, 6.45) is -4.07. The Hall–Kier alpha value is -2.05. The van der Waals surface area contributed by atoms with Crippen LogP contribution >= 0.6 is 0 Å². The van der Waals surface area contributed by atoms with Crippen LogP contribution in [0.1, 0.15) is 28.8 Å². The lowest BCUT2D eigenvalue weighted by molar-refractivity contribution is -0.143. The minimum Gasteiger partial charge on any atom is -0.481 e. The van der Waals surface area contributed by atoms with E-state index in [9.17, 15) is 22.8 Å². The van der Waals surface area contributed by atoms with Crippen molar-refractivity contribution in [2.24, 2.45) is 5.92 Å². The molecule has 0 atom stereocenters. The third-order valence-corrected chi connectivity index (χ3v) is 3.59. The Morgan fingerprint density at radius 3 is 2.24 bits per heavy atom. The molecule has 1 aromatic carbocycles. The predicted molar refractivity (Wildman–Crippen MR) is 67.7 cm³/mol. The average Bonchev–Trinajstić information content (AvgIpc) is 2.45. The van der Waals surface area contributed by atoms with Gasteiger partial charge >= 0.3 is 12.1 Å². The largest absolute Gasteiger partial charge is 0.481 e. The number of benzene rings is 1. The van der Waals surface area contributed by atoms with Gasteiger partial charge in [0.1, 0.15) is 0 Å². The summed E-state index contributed by atoms with van der Waals surface area (Å²) in [4.78, 5) is 24.3. The zero-order valence-corrected chi connectivity index (χ0v) is 11.1. The molecule has 1 aliphatic heterocycles. The number of carbonyl (C=O) groups is 2. The van der Waals surface area contributed by atoms with Crippen molar-refractivity contribution in [2.45, 2.75) is 19.0 Å². The lowest BCUT2D eigenvalue weighted by atomic mass is 9.96. The molecule has 0 unspecified atom stereocenters. The second kappa shape index (κ2) is 5.75. The van der Waals surface area contributed by atoms with Crippen LogP contribution in [0, 0.1) is 5.92 Å². The molecule has 1 fully saturated rings. The molecule has 1 heterocycles. The van der Waals surface area contributed by atoms with Crippen molar-refractivity contribution in [3.05, 3.63) is 35.4 Å². The monoisotopic (exact) mass is 301 g/mol. The van der Waals surface area contributed by atoms with Crippen molar-refractivity contribution >= 4 is 11.9 Å². The van der Waals surface area contributed by atoms with Crippen molar-refractivity contribution in [2.75, 3.05) is 13.1 Å². The van der Waals surface area contributed by atoms with Crippen LogP contribution < -0.4 is 0 Å². The third kappa shape index (κ3) is 3.34. The quantitative estimate of drug-likeness (QED) is 0.913. The molecule has 4 nitrogen and oxygen atoms in total. The van der Waals surface area contributed by atoms with Crippen LogP contribution in [0.2, 0.25) is 0 Å². The Morgan fingerprint density at radius 2 is 1.71 bits per heavy atom. The molecule has 7 heteroatoms. The van der Waals surface area contributed by atoms with Gasteiger partial charge in [-0.25, -0.2) is 0 Å². The number of amides is 1. The zero-order valence-electron chi connectivity index (χ0n) is 11.1. The maximum atomic E-state index is 12.9. The minimum atomic E-state index is -4.59. The van der Waals surface area contributed by atoms with Gasteiger partial charge in [0, 0.05) is 13.1 Å². The summed E-state index contributed by atoms with van der Waals surface area (Å²) in [6, 6.07) is 4.63. The van der Waals surface area contributed by atoms with Crippen LogP contribution in [0.25, 0.3) is 0 Å². The molecule has 1 saturated heterocycles. The fraction of sp³-hybridized carbons (Fsp3) is 0.429. The van der Waals surface area contributed by atoms with Gasteiger partial charge in [-0.2, -0.15) is 13.2 Å². The SMILES string of the molecule is O=C(O)C1CCN(C(=O)c2ccccc2C(F)(F)F)CC1. The maximum Gasteiger partial charge on any atom is 0.417 e. The van der Waals surface area contributed by atoms with Crippen molar-refractivity contribution in [3.8, 4) is 0 Å². The molecule has 1 aromatic rings. The fourth-order valence-electron chi connectivity index (χ4n) is 2.42. The van der Waals surface area contributed by atoms with E-state index in [0.717, 1.165) is 12.1 Å². The van der Waals surface area contributed by atoms with Gasteiger partial charge in [-0.15, -0.1) is 0 Å². The number of alkyl halides is 3. The molecule has 0 spiro atoms. The first-order valence-corrected chi connectivity index (χ1v) is 6.49. The van der Waals surface area contributed by atoms with E-state index in [4.69, 9.17) is 5.11 Å². The van der Waals surface area contributed by atoms with Crippen molar-refractivity contribution in [3.63, 3.8) is 0 Å². The maximum absolute atomic E-state index is 12.9. The van der Waals surface area contributed by atoms with Gasteiger partial charge in [0.25, 0.3) is 5.91 Å². The molecular formula is C14H14F3NO3. The minimum absolute atomic E-state index is 0.155. The van der Waals surface area contributed by atoms with Crippen molar-refractivity contribution in [1.82, 2.24) is 4.90 Å². The number of halogens is 3. The number of rotatable bonds is 2. The second-order valence-electron chi connectivity index (χ2n) is 4.95. The first kappa shape index (κ1) is 15.3.